The molecule has 1 fully saturated rings. The summed E-state index contributed by atoms with van der Waals surface area (Å²) < 4.78 is 13.7. The number of fused-ring (bicyclic) bond motifs is 1. The number of hydrogen-bond acceptors (Lipinski definition) is 3. The number of hydrogen-bond donors (Lipinski definition) is 0. The summed E-state index contributed by atoms with van der Waals surface area (Å²) in [6, 6.07) is 25.5. The van der Waals surface area contributed by atoms with Gasteiger partial charge in [-0.3, -0.25) is 19.7 Å². The first-order valence-corrected chi connectivity index (χ1v) is 10.0. The van der Waals surface area contributed by atoms with Gasteiger partial charge in [0.05, 0.1) is 30.8 Å². The molecule has 0 spiro atoms. The molecular formula is C25H20FN3O. The van der Waals surface area contributed by atoms with Gasteiger partial charge >= 0.3 is 0 Å². The van der Waals surface area contributed by atoms with Crippen molar-refractivity contribution in [1.29, 1.82) is 0 Å². The third-order valence-corrected chi connectivity index (χ3v) is 5.60. The molecule has 1 unspecified atom stereocenters. The fourth-order valence-corrected chi connectivity index (χ4v) is 4.31. The fraction of sp³-hybridized carbons (Fsp3) is 0.160. The van der Waals surface area contributed by atoms with E-state index in [1.54, 1.807) is 17.0 Å². The van der Waals surface area contributed by atoms with Crippen molar-refractivity contribution in [2.75, 3.05) is 18.0 Å². The Morgan fingerprint density at radius 3 is 2.03 bits per heavy atom. The fourth-order valence-electron chi connectivity index (χ4n) is 4.31. The lowest BCUT2D eigenvalue weighted by Gasteiger charge is -2.29. The minimum atomic E-state index is -0.351. The maximum absolute atomic E-state index is 13.7. The van der Waals surface area contributed by atoms with Gasteiger partial charge in [0.2, 0.25) is 0 Å². The van der Waals surface area contributed by atoms with Crippen molar-refractivity contribution in [3.8, 4) is 0 Å². The van der Waals surface area contributed by atoms with E-state index in [0.29, 0.717) is 18.8 Å². The minimum Gasteiger partial charge on any atom is -0.299 e. The average molecular weight is 397 g/mol. The van der Waals surface area contributed by atoms with Gasteiger partial charge in [-0.2, -0.15) is 0 Å². The second-order valence-electron chi connectivity index (χ2n) is 7.38. The summed E-state index contributed by atoms with van der Waals surface area (Å²) >= 11 is 0. The average Bonchev–Trinajstić information content (AvgIpc) is 2.93. The number of carbonyl (C=O) groups excluding carboxylic acids is 1. The summed E-state index contributed by atoms with van der Waals surface area (Å²) in [4.78, 5) is 24.9. The molecule has 5 heteroatoms. The summed E-state index contributed by atoms with van der Waals surface area (Å²) in [7, 11) is 0. The summed E-state index contributed by atoms with van der Waals surface area (Å²) in [5, 5.41) is 0. The smallest absolute Gasteiger partial charge is 0.273 e. The molecule has 30 heavy (non-hydrogen) atoms. The van der Waals surface area contributed by atoms with Crippen LogP contribution in [0.15, 0.2) is 94.9 Å². The van der Waals surface area contributed by atoms with Crippen LogP contribution in [0.5, 0.6) is 0 Å². The zero-order valence-electron chi connectivity index (χ0n) is 16.3. The van der Waals surface area contributed by atoms with Crippen molar-refractivity contribution in [1.82, 2.24) is 0 Å². The second kappa shape index (κ2) is 7.67. The number of halogens is 1. The highest BCUT2D eigenvalue weighted by atomic mass is 19.1. The van der Waals surface area contributed by atoms with Gasteiger partial charge in [-0.05, 0) is 35.4 Å². The highest BCUT2D eigenvalue weighted by Gasteiger charge is 2.49. The van der Waals surface area contributed by atoms with E-state index in [1.165, 1.54) is 12.1 Å². The van der Waals surface area contributed by atoms with E-state index in [2.05, 4.69) is 4.99 Å². The molecule has 2 aliphatic heterocycles. The quantitative estimate of drug-likeness (QED) is 0.643. The molecular weight excluding hydrogens is 377 g/mol. The first kappa shape index (κ1) is 18.4. The lowest BCUT2D eigenvalue weighted by Crippen LogP contribution is -2.31. The molecule has 0 saturated carbocycles. The molecule has 1 saturated heterocycles. The molecule has 0 aromatic heterocycles. The number of para-hydroxylation sites is 1. The number of aliphatic imine (C=N–C) groups is 2. The van der Waals surface area contributed by atoms with Crippen LogP contribution in [-0.4, -0.2) is 30.4 Å². The Morgan fingerprint density at radius 2 is 1.37 bits per heavy atom. The van der Waals surface area contributed by atoms with E-state index in [1.807, 2.05) is 60.7 Å². The zero-order valence-corrected chi connectivity index (χ0v) is 16.3. The molecule has 2 atom stereocenters. The van der Waals surface area contributed by atoms with Gasteiger partial charge in [0.25, 0.3) is 5.91 Å². The molecule has 1 amide bonds. The van der Waals surface area contributed by atoms with Crippen LogP contribution in [-0.2, 0) is 4.79 Å². The Kier molecular flexibility index (Phi) is 4.71. The van der Waals surface area contributed by atoms with Crippen LogP contribution in [0, 0.1) is 11.7 Å². The number of amides is 1. The standard InChI is InChI=1S/C25H20FN3O/c26-19-13-11-18(12-14-19)24-21-22(17-7-3-1-4-8-17)27-15-16-28-23(21)25(30)29(24)20-9-5-2-6-10-20/h1-14,21,24H,15-16H2/t21?,24-/m1/s1. The second-order valence-corrected chi connectivity index (χ2v) is 7.38. The Bertz CT molecular complexity index is 1120. The Balaban J connectivity index is 1.72. The number of nitrogens with zero attached hydrogens (tertiary/aromatic N) is 3. The molecule has 3 aromatic rings. The zero-order chi connectivity index (χ0) is 20.5. The first-order chi connectivity index (χ1) is 14.7. The van der Waals surface area contributed by atoms with Crippen LogP contribution in [0.4, 0.5) is 10.1 Å². The molecule has 2 heterocycles. The monoisotopic (exact) mass is 397 g/mol. The van der Waals surface area contributed by atoms with Gasteiger partial charge in [0, 0.05) is 5.69 Å². The van der Waals surface area contributed by atoms with Gasteiger partial charge in [-0.1, -0.05) is 60.7 Å². The Hall–Kier alpha value is -3.60. The van der Waals surface area contributed by atoms with E-state index >= 15 is 0 Å². The van der Waals surface area contributed by atoms with Crippen LogP contribution in [0.3, 0.4) is 0 Å². The minimum absolute atomic E-state index is 0.119. The van der Waals surface area contributed by atoms with Crippen LogP contribution in [0.2, 0.25) is 0 Å². The number of anilines is 1. The summed E-state index contributed by atoms with van der Waals surface area (Å²) in [6.45, 7) is 1.02. The lowest BCUT2D eigenvalue weighted by molar-refractivity contribution is -0.112. The maximum atomic E-state index is 13.7. The van der Waals surface area contributed by atoms with Gasteiger partial charge in [0.1, 0.15) is 11.5 Å². The molecule has 0 N–H and O–H groups in total. The molecule has 5 rings (SSSR count). The van der Waals surface area contributed by atoms with Crippen molar-refractivity contribution < 1.29 is 9.18 Å². The van der Waals surface area contributed by atoms with Gasteiger partial charge in [0.15, 0.2) is 0 Å². The van der Waals surface area contributed by atoms with Crippen molar-refractivity contribution in [2.45, 2.75) is 6.04 Å². The van der Waals surface area contributed by atoms with E-state index < -0.39 is 0 Å². The van der Waals surface area contributed by atoms with E-state index in [-0.39, 0.29) is 23.7 Å². The molecule has 0 bridgehead atoms. The van der Waals surface area contributed by atoms with E-state index in [4.69, 9.17) is 4.99 Å². The third kappa shape index (κ3) is 3.12. The molecule has 4 nitrogen and oxygen atoms in total. The number of benzene rings is 3. The van der Waals surface area contributed by atoms with Gasteiger partial charge < -0.3 is 0 Å². The topological polar surface area (TPSA) is 45.0 Å². The predicted molar refractivity (Wildman–Crippen MR) is 117 cm³/mol. The van der Waals surface area contributed by atoms with E-state index in [9.17, 15) is 9.18 Å². The Labute approximate surface area is 174 Å². The molecule has 148 valence electrons. The SMILES string of the molecule is O=C1C2=NCCN=C(c3ccccc3)C2[C@@H](c2ccc(F)cc2)N1c1ccccc1. The van der Waals surface area contributed by atoms with Crippen LogP contribution >= 0.6 is 0 Å². The predicted octanol–water partition coefficient (Wildman–Crippen LogP) is 4.47. The van der Waals surface area contributed by atoms with Crippen LogP contribution in [0.1, 0.15) is 17.2 Å². The summed E-state index contributed by atoms with van der Waals surface area (Å²) in [6.07, 6.45) is 0. The number of carbonyl (C=O) groups is 1. The van der Waals surface area contributed by atoms with Crippen LogP contribution < -0.4 is 4.90 Å². The van der Waals surface area contributed by atoms with Crippen molar-refractivity contribution in [3.05, 3.63) is 102 Å². The molecule has 3 aromatic carbocycles. The largest absolute Gasteiger partial charge is 0.299 e. The third-order valence-electron chi connectivity index (χ3n) is 5.60. The van der Waals surface area contributed by atoms with Crippen molar-refractivity contribution in [3.63, 3.8) is 0 Å². The van der Waals surface area contributed by atoms with Crippen LogP contribution in [0.25, 0.3) is 0 Å². The van der Waals surface area contributed by atoms with Crippen molar-refractivity contribution in [2.24, 2.45) is 15.9 Å². The van der Waals surface area contributed by atoms with Gasteiger partial charge in [-0.25, -0.2) is 4.39 Å². The maximum Gasteiger partial charge on any atom is 0.273 e. The summed E-state index contributed by atoms with van der Waals surface area (Å²) in [5.74, 6) is -0.750. The number of rotatable bonds is 3. The van der Waals surface area contributed by atoms with Gasteiger partial charge in [-0.15, -0.1) is 0 Å². The Morgan fingerprint density at radius 1 is 0.767 bits per heavy atom. The van der Waals surface area contributed by atoms with E-state index in [0.717, 1.165) is 22.5 Å². The highest BCUT2D eigenvalue weighted by Crippen LogP contribution is 2.42. The van der Waals surface area contributed by atoms with Crippen molar-refractivity contribution >= 4 is 23.0 Å². The molecule has 0 radical (unpaired) electrons. The lowest BCUT2D eigenvalue weighted by atomic mass is 9.85. The highest BCUT2D eigenvalue weighted by molar-refractivity contribution is 6.51. The normalized spacial score (nSPS) is 21.0. The summed E-state index contributed by atoms with van der Waals surface area (Å²) in [5.41, 5.74) is 4.00. The molecule has 0 aliphatic carbocycles. The molecule has 2 aliphatic rings. The first-order valence-electron chi connectivity index (χ1n) is 10.0.